The van der Waals surface area contributed by atoms with Crippen molar-refractivity contribution in [3.63, 3.8) is 0 Å². The van der Waals surface area contributed by atoms with Crippen LogP contribution in [-0.2, 0) is 0 Å². The lowest BCUT2D eigenvalue weighted by molar-refractivity contribution is 0.266. The van der Waals surface area contributed by atoms with Gasteiger partial charge in [-0.25, -0.2) is 0 Å². The van der Waals surface area contributed by atoms with Gasteiger partial charge < -0.3 is 20.1 Å². The fourth-order valence-electron chi connectivity index (χ4n) is 3.66. The summed E-state index contributed by atoms with van der Waals surface area (Å²) >= 11 is 0. The lowest BCUT2D eigenvalue weighted by Gasteiger charge is -2.45. The molecule has 4 heteroatoms. The Kier molecular flexibility index (Phi) is 3.40. The predicted molar refractivity (Wildman–Crippen MR) is 82.0 cm³/mol. The number of nitrogens with one attached hydrogen (secondary N) is 2. The molecule has 2 aliphatic rings. The van der Waals surface area contributed by atoms with Crippen molar-refractivity contribution >= 4 is 11.4 Å². The standard InChI is InChI=1S/C16H24N2O2/c1-11-5-4-6-16(9-11)10-17-12-7-14(19-2)15(20-3)8-13(12)18-16/h7-8,11,17-18H,4-6,9-10H2,1-3H3. The zero-order valence-corrected chi connectivity index (χ0v) is 12.6. The lowest BCUT2D eigenvalue weighted by Crippen LogP contribution is -2.50. The smallest absolute Gasteiger partial charge is 0.162 e. The fraction of sp³-hybridized carbons (Fsp3) is 0.625. The Balaban J connectivity index is 1.90. The minimum atomic E-state index is 0.199. The molecule has 2 atom stereocenters. The largest absolute Gasteiger partial charge is 0.493 e. The van der Waals surface area contributed by atoms with E-state index in [1.54, 1.807) is 14.2 Å². The van der Waals surface area contributed by atoms with Crippen LogP contribution in [0.2, 0.25) is 0 Å². The minimum Gasteiger partial charge on any atom is -0.493 e. The average Bonchev–Trinajstić information content (AvgIpc) is 2.45. The van der Waals surface area contributed by atoms with E-state index in [0.29, 0.717) is 0 Å². The Morgan fingerprint density at radius 2 is 1.85 bits per heavy atom. The maximum Gasteiger partial charge on any atom is 0.162 e. The molecule has 4 nitrogen and oxygen atoms in total. The van der Waals surface area contributed by atoms with Crippen molar-refractivity contribution in [2.45, 2.75) is 38.1 Å². The average molecular weight is 276 g/mol. The zero-order chi connectivity index (χ0) is 14.2. The van der Waals surface area contributed by atoms with Crippen LogP contribution in [0.5, 0.6) is 11.5 Å². The third kappa shape index (κ3) is 2.28. The van der Waals surface area contributed by atoms with Gasteiger partial charge in [-0.15, -0.1) is 0 Å². The number of fused-ring (bicyclic) bond motifs is 1. The van der Waals surface area contributed by atoms with Gasteiger partial charge in [-0.2, -0.15) is 0 Å². The molecule has 3 rings (SSSR count). The first-order valence-corrected chi connectivity index (χ1v) is 7.44. The third-order valence-electron chi connectivity index (χ3n) is 4.63. The highest BCUT2D eigenvalue weighted by atomic mass is 16.5. The van der Waals surface area contributed by atoms with Gasteiger partial charge in [0, 0.05) is 18.7 Å². The van der Waals surface area contributed by atoms with E-state index in [4.69, 9.17) is 9.47 Å². The topological polar surface area (TPSA) is 42.5 Å². The van der Waals surface area contributed by atoms with E-state index in [2.05, 4.69) is 17.6 Å². The van der Waals surface area contributed by atoms with Crippen LogP contribution in [-0.4, -0.2) is 26.3 Å². The van der Waals surface area contributed by atoms with Crippen molar-refractivity contribution in [2.75, 3.05) is 31.4 Å². The quantitative estimate of drug-likeness (QED) is 0.867. The van der Waals surface area contributed by atoms with Gasteiger partial charge in [0.25, 0.3) is 0 Å². The Labute approximate surface area is 120 Å². The zero-order valence-electron chi connectivity index (χ0n) is 12.6. The van der Waals surface area contributed by atoms with E-state index in [-0.39, 0.29) is 5.54 Å². The summed E-state index contributed by atoms with van der Waals surface area (Å²) in [5.41, 5.74) is 2.43. The van der Waals surface area contributed by atoms with Gasteiger partial charge in [-0.3, -0.25) is 0 Å². The molecule has 20 heavy (non-hydrogen) atoms. The predicted octanol–water partition coefficient (Wildman–Crippen LogP) is 3.49. The van der Waals surface area contributed by atoms with Gasteiger partial charge in [0.05, 0.1) is 31.1 Å². The number of hydrogen-bond acceptors (Lipinski definition) is 4. The number of anilines is 2. The first-order valence-electron chi connectivity index (χ1n) is 7.44. The maximum absolute atomic E-state index is 5.41. The number of ether oxygens (including phenoxy) is 2. The molecule has 0 radical (unpaired) electrons. The van der Waals surface area contributed by atoms with Crippen LogP contribution in [0.3, 0.4) is 0 Å². The summed E-state index contributed by atoms with van der Waals surface area (Å²) in [6.45, 7) is 3.34. The second kappa shape index (κ2) is 5.08. The summed E-state index contributed by atoms with van der Waals surface area (Å²) in [6, 6.07) is 4.06. The van der Waals surface area contributed by atoms with E-state index in [9.17, 15) is 0 Å². The van der Waals surface area contributed by atoms with E-state index < -0.39 is 0 Å². The number of hydrogen-bond donors (Lipinski definition) is 2. The highest BCUT2D eigenvalue weighted by Gasteiger charge is 2.37. The van der Waals surface area contributed by atoms with E-state index >= 15 is 0 Å². The number of methoxy groups -OCH3 is 2. The summed E-state index contributed by atoms with van der Waals surface area (Å²) in [4.78, 5) is 0. The van der Waals surface area contributed by atoms with Crippen LogP contribution in [0, 0.1) is 5.92 Å². The number of benzene rings is 1. The Bertz CT molecular complexity index is 503. The molecule has 110 valence electrons. The van der Waals surface area contributed by atoms with Crippen LogP contribution in [0.15, 0.2) is 12.1 Å². The second-order valence-corrected chi connectivity index (χ2v) is 6.21. The van der Waals surface area contributed by atoms with Crippen molar-refractivity contribution in [3.05, 3.63) is 12.1 Å². The van der Waals surface area contributed by atoms with Crippen molar-refractivity contribution in [3.8, 4) is 11.5 Å². The summed E-state index contributed by atoms with van der Waals surface area (Å²) in [5.74, 6) is 2.34. The molecule has 0 amide bonds. The SMILES string of the molecule is COc1cc2c(cc1OC)NC1(CCCC(C)C1)CN2. The summed E-state index contributed by atoms with van der Waals surface area (Å²) in [6.07, 6.45) is 5.12. The monoisotopic (exact) mass is 276 g/mol. The van der Waals surface area contributed by atoms with Gasteiger partial charge in [0.1, 0.15) is 0 Å². The molecule has 1 heterocycles. The van der Waals surface area contributed by atoms with Crippen molar-refractivity contribution in [1.82, 2.24) is 0 Å². The molecule has 2 unspecified atom stereocenters. The summed E-state index contributed by atoms with van der Waals surface area (Å²) in [5, 5.41) is 7.34. The van der Waals surface area contributed by atoms with E-state index in [1.165, 1.54) is 25.7 Å². The number of rotatable bonds is 2. The molecular weight excluding hydrogens is 252 g/mol. The van der Waals surface area contributed by atoms with Gasteiger partial charge >= 0.3 is 0 Å². The van der Waals surface area contributed by atoms with Crippen molar-refractivity contribution in [1.29, 1.82) is 0 Å². The molecule has 1 aromatic carbocycles. The molecule has 1 aromatic rings. The highest BCUT2D eigenvalue weighted by Crippen LogP contribution is 2.44. The van der Waals surface area contributed by atoms with Crippen LogP contribution < -0.4 is 20.1 Å². The second-order valence-electron chi connectivity index (χ2n) is 6.21. The van der Waals surface area contributed by atoms with Gasteiger partial charge in [0.2, 0.25) is 0 Å². The normalized spacial score (nSPS) is 28.2. The van der Waals surface area contributed by atoms with Crippen molar-refractivity contribution < 1.29 is 9.47 Å². The molecule has 1 aliphatic heterocycles. The lowest BCUT2D eigenvalue weighted by atomic mass is 9.75. The van der Waals surface area contributed by atoms with Crippen LogP contribution in [0.25, 0.3) is 0 Å². The van der Waals surface area contributed by atoms with E-state index in [1.807, 2.05) is 12.1 Å². The van der Waals surface area contributed by atoms with Gasteiger partial charge in [0.15, 0.2) is 11.5 Å². The molecule has 1 spiro atoms. The summed E-state index contributed by atoms with van der Waals surface area (Å²) in [7, 11) is 3.35. The van der Waals surface area contributed by atoms with Gasteiger partial charge in [-0.05, 0) is 18.8 Å². The highest BCUT2D eigenvalue weighted by molar-refractivity contribution is 5.77. The van der Waals surface area contributed by atoms with Gasteiger partial charge in [-0.1, -0.05) is 19.8 Å². The molecule has 0 bridgehead atoms. The van der Waals surface area contributed by atoms with Crippen molar-refractivity contribution in [2.24, 2.45) is 5.92 Å². The first-order chi connectivity index (χ1) is 9.65. The third-order valence-corrected chi connectivity index (χ3v) is 4.63. The first kappa shape index (κ1) is 13.4. The summed E-state index contributed by atoms with van der Waals surface area (Å²) < 4.78 is 10.8. The molecular formula is C16H24N2O2. The molecule has 1 fully saturated rings. The molecule has 1 saturated carbocycles. The molecule has 0 aromatic heterocycles. The maximum atomic E-state index is 5.41. The van der Waals surface area contributed by atoms with Crippen LogP contribution >= 0.6 is 0 Å². The van der Waals surface area contributed by atoms with Crippen LogP contribution in [0.1, 0.15) is 32.6 Å². The molecule has 0 saturated heterocycles. The molecule has 2 N–H and O–H groups in total. The Morgan fingerprint density at radius 3 is 2.50 bits per heavy atom. The molecule has 1 aliphatic carbocycles. The minimum absolute atomic E-state index is 0.199. The fourth-order valence-corrected chi connectivity index (χ4v) is 3.66. The van der Waals surface area contributed by atoms with E-state index in [0.717, 1.165) is 35.3 Å². The Hall–Kier alpha value is -1.58. The Morgan fingerprint density at radius 1 is 1.15 bits per heavy atom. The van der Waals surface area contributed by atoms with Crippen LogP contribution in [0.4, 0.5) is 11.4 Å².